The second kappa shape index (κ2) is 10.8. The molecule has 3 aromatic rings. The number of hydrogen-bond donors (Lipinski definition) is 1. The van der Waals surface area contributed by atoms with Crippen molar-refractivity contribution >= 4 is 29.4 Å². The molecule has 0 radical (unpaired) electrons. The molecule has 0 spiro atoms. The van der Waals surface area contributed by atoms with E-state index in [1.165, 1.54) is 22.7 Å². The maximum absolute atomic E-state index is 15.1. The van der Waals surface area contributed by atoms with Crippen molar-refractivity contribution in [3.05, 3.63) is 71.5 Å². The molecular weight excluding hydrogens is 479 g/mol. The van der Waals surface area contributed by atoms with Crippen LogP contribution in [0.1, 0.15) is 37.1 Å². The van der Waals surface area contributed by atoms with E-state index in [2.05, 4.69) is 5.32 Å². The quantitative estimate of drug-likeness (QED) is 0.478. The zero-order valence-electron chi connectivity index (χ0n) is 21.0. The van der Waals surface area contributed by atoms with Crippen molar-refractivity contribution in [1.29, 1.82) is 0 Å². The van der Waals surface area contributed by atoms with Crippen molar-refractivity contribution in [2.45, 2.75) is 31.6 Å². The molecule has 0 aliphatic carbocycles. The number of benzene rings is 2. The van der Waals surface area contributed by atoms with E-state index in [4.69, 9.17) is 9.84 Å². The molecule has 0 saturated carbocycles. The number of methoxy groups -OCH3 is 1. The number of fused-ring (bicyclic) bond motifs is 1. The highest BCUT2D eigenvalue weighted by molar-refractivity contribution is 8.00. The Labute approximate surface area is 215 Å². The summed E-state index contributed by atoms with van der Waals surface area (Å²) >= 11 is 1.35. The van der Waals surface area contributed by atoms with Gasteiger partial charge in [0.25, 0.3) is 0 Å². The van der Waals surface area contributed by atoms with Gasteiger partial charge in [0.2, 0.25) is 11.8 Å². The summed E-state index contributed by atoms with van der Waals surface area (Å²) in [5.74, 6) is -0.263. The normalized spacial score (nSPS) is 16.0. The molecule has 0 saturated heterocycles. The number of ether oxygens (including phenoxy) is 1. The predicted octanol–water partition coefficient (Wildman–Crippen LogP) is 4.38. The zero-order chi connectivity index (χ0) is 25.9. The van der Waals surface area contributed by atoms with E-state index >= 15 is 4.39 Å². The number of hydrogen-bond acceptors (Lipinski definition) is 5. The third-order valence-electron chi connectivity index (χ3n) is 5.89. The predicted molar refractivity (Wildman–Crippen MR) is 141 cm³/mol. The molecule has 1 N–H and O–H groups in total. The average molecular weight is 511 g/mol. The minimum absolute atomic E-state index is 0.0946. The number of nitrogens with zero attached hydrogens (tertiary/aromatic N) is 3. The molecular formula is C27H31FN4O3S. The van der Waals surface area contributed by atoms with Gasteiger partial charge in [-0.15, -0.1) is 11.8 Å². The number of carbonyl (C=O) groups is 2. The fourth-order valence-electron chi connectivity index (χ4n) is 4.22. The van der Waals surface area contributed by atoms with Crippen LogP contribution in [0, 0.1) is 5.82 Å². The first-order valence-corrected chi connectivity index (χ1v) is 12.9. The van der Waals surface area contributed by atoms with E-state index < -0.39 is 10.8 Å². The number of rotatable bonds is 7. The van der Waals surface area contributed by atoms with Gasteiger partial charge in [-0.2, -0.15) is 5.10 Å². The van der Waals surface area contributed by atoms with Gasteiger partial charge in [0.15, 0.2) is 0 Å². The highest BCUT2D eigenvalue weighted by Gasteiger charge is 2.40. The van der Waals surface area contributed by atoms with E-state index in [9.17, 15) is 9.59 Å². The number of anilines is 1. The molecule has 1 aromatic heterocycles. The minimum atomic E-state index is -0.517. The van der Waals surface area contributed by atoms with E-state index in [0.717, 1.165) is 11.1 Å². The number of aromatic nitrogens is 2. The summed E-state index contributed by atoms with van der Waals surface area (Å²) in [6.07, 6.45) is 0. The van der Waals surface area contributed by atoms with Gasteiger partial charge in [0.1, 0.15) is 18.2 Å². The number of halogens is 1. The van der Waals surface area contributed by atoms with Gasteiger partial charge in [-0.25, -0.2) is 9.07 Å². The van der Waals surface area contributed by atoms with Crippen LogP contribution in [0.25, 0.3) is 11.3 Å². The molecule has 190 valence electrons. The van der Waals surface area contributed by atoms with E-state index in [1.54, 1.807) is 30.0 Å². The first-order chi connectivity index (χ1) is 17.2. The minimum Gasteiger partial charge on any atom is -0.383 e. The highest BCUT2D eigenvalue weighted by atomic mass is 32.2. The highest BCUT2D eigenvalue weighted by Crippen LogP contribution is 2.49. The first-order valence-electron chi connectivity index (χ1n) is 11.8. The Morgan fingerprint density at radius 3 is 2.53 bits per heavy atom. The Kier molecular flexibility index (Phi) is 7.80. The molecule has 9 heteroatoms. The summed E-state index contributed by atoms with van der Waals surface area (Å²) < 4.78 is 22.0. The van der Waals surface area contributed by atoms with Crippen LogP contribution in [0.15, 0.2) is 54.6 Å². The van der Waals surface area contributed by atoms with Crippen LogP contribution in [-0.2, 0) is 19.9 Å². The molecule has 0 bridgehead atoms. The summed E-state index contributed by atoms with van der Waals surface area (Å²) in [6.45, 7) is 6.51. The third-order valence-corrected chi connectivity index (χ3v) is 7.13. The van der Waals surface area contributed by atoms with Crippen LogP contribution >= 0.6 is 11.8 Å². The Morgan fingerprint density at radius 1 is 1.17 bits per heavy atom. The lowest BCUT2D eigenvalue weighted by atomic mass is 9.99. The molecule has 36 heavy (non-hydrogen) atoms. The van der Waals surface area contributed by atoms with Crippen LogP contribution < -0.4 is 10.2 Å². The standard InChI is InChI=1S/C27H31FN4O3S/c1-27(2,3)32-26-23(24(30-32)18-10-6-5-7-11-18)25(19-12-8-9-13-20(19)28)36-17-22(34)31(26)16-21(33)29-14-15-35-4/h5-13,25H,14-17H2,1-4H3,(H,29,33)/t25-/m0/s1. The summed E-state index contributed by atoms with van der Waals surface area (Å²) in [4.78, 5) is 27.8. The maximum atomic E-state index is 15.1. The molecule has 1 aliphatic heterocycles. The van der Waals surface area contributed by atoms with Gasteiger partial charge in [-0.3, -0.25) is 14.5 Å². The Bertz CT molecular complexity index is 1240. The fraction of sp³-hybridized carbons (Fsp3) is 0.370. The second-order valence-electron chi connectivity index (χ2n) is 9.57. The molecule has 1 atom stereocenters. The van der Waals surface area contributed by atoms with Crippen molar-refractivity contribution in [1.82, 2.24) is 15.1 Å². The van der Waals surface area contributed by atoms with Crippen molar-refractivity contribution in [3.8, 4) is 11.3 Å². The van der Waals surface area contributed by atoms with Crippen LogP contribution in [0.4, 0.5) is 10.2 Å². The smallest absolute Gasteiger partial charge is 0.240 e. The lowest BCUT2D eigenvalue weighted by Crippen LogP contribution is -2.44. The molecule has 0 unspecified atom stereocenters. The van der Waals surface area contributed by atoms with E-state index in [-0.39, 0.29) is 29.9 Å². The SMILES string of the molecule is COCCNC(=O)CN1C(=O)CS[C@@H](c2ccccc2F)c2c(-c3ccccc3)nn(C(C)(C)C)c21. The number of carbonyl (C=O) groups excluding carboxylic acids is 2. The van der Waals surface area contributed by atoms with Crippen LogP contribution in [0.5, 0.6) is 0 Å². The Balaban J connectivity index is 1.95. The van der Waals surface area contributed by atoms with Gasteiger partial charge in [-0.1, -0.05) is 48.5 Å². The molecule has 2 amide bonds. The molecule has 2 heterocycles. The van der Waals surface area contributed by atoms with Gasteiger partial charge in [0.05, 0.1) is 28.8 Å². The largest absolute Gasteiger partial charge is 0.383 e. The molecule has 1 aliphatic rings. The second-order valence-corrected chi connectivity index (χ2v) is 10.7. The van der Waals surface area contributed by atoms with Gasteiger partial charge >= 0.3 is 0 Å². The Hall–Kier alpha value is -3.17. The van der Waals surface area contributed by atoms with Crippen LogP contribution in [0.2, 0.25) is 0 Å². The van der Waals surface area contributed by atoms with Crippen LogP contribution in [-0.4, -0.2) is 54.2 Å². The number of nitrogens with one attached hydrogen (secondary N) is 1. The van der Waals surface area contributed by atoms with Crippen molar-refractivity contribution < 1.29 is 18.7 Å². The first kappa shape index (κ1) is 25.9. The van der Waals surface area contributed by atoms with Crippen molar-refractivity contribution in [2.75, 3.05) is 37.5 Å². The van der Waals surface area contributed by atoms with E-state index in [1.807, 2.05) is 51.1 Å². The molecule has 2 aromatic carbocycles. The summed E-state index contributed by atoms with van der Waals surface area (Å²) in [6, 6.07) is 16.3. The van der Waals surface area contributed by atoms with Crippen LogP contribution in [0.3, 0.4) is 0 Å². The third kappa shape index (κ3) is 5.32. The number of thioether (sulfide) groups is 1. The van der Waals surface area contributed by atoms with Gasteiger partial charge in [-0.05, 0) is 26.8 Å². The van der Waals surface area contributed by atoms with Gasteiger partial charge in [0, 0.05) is 30.3 Å². The number of amides is 2. The molecule has 7 nitrogen and oxygen atoms in total. The lowest BCUT2D eigenvalue weighted by Gasteiger charge is -2.28. The fourth-order valence-corrected chi connectivity index (χ4v) is 5.44. The van der Waals surface area contributed by atoms with Gasteiger partial charge < -0.3 is 10.1 Å². The summed E-state index contributed by atoms with van der Waals surface area (Å²) in [7, 11) is 1.56. The molecule has 0 fully saturated rings. The topological polar surface area (TPSA) is 76.5 Å². The zero-order valence-corrected chi connectivity index (χ0v) is 21.8. The van der Waals surface area contributed by atoms with Crippen molar-refractivity contribution in [3.63, 3.8) is 0 Å². The molecule has 4 rings (SSSR count). The van der Waals surface area contributed by atoms with E-state index in [0.29, 0.717) is 30.2 Å². The maximum Gasteiger partial charge on any atom is 0.240 e. The summed E-state index contributed by atoms with van der Waals surface area (Å²) in [5, 5.41) is 7.29. The lowest BCUT2D eigenvalue weighted by molar-refractivity contribution is -0.123. The van der Waals surface area contributed by atoms with Crippen molar-refractivity contribution in [2.24, 2.45) is 0 Å². The average Bonchev–Trinajstić information content (AvgIpc) is 3.19. The Morgan fingerprint density at radius 2 is 1.86 bits per heavy atom. The summed E-state index contributed by atoms with van der Waals surface area (Å²) in [5.41, 5.74) is 2.21. The monoisotopic (exact) mass is 510 g/mol.